The van der Waals surface area contributed by atoms with Gasteiger partial charge in [-0.1, -0.05) is 13.3 Å². The van der Waals surface area contributed by atoms with Crippen LogP contribution in [0.25, 0.3) is 0 Å². The zero-order valence-corrected chi connectivity index (χ0v) is 13.5. The van der Waals surface area contributed by atoms with Gasteiger partial charge in [-0.15, -0.1) is 0 Å². The molecule has 4 nitrogen and oxygen atoms in total. The molecule has 0 aromatic heterocycles. The van der Waals surface area contributed by atoms with Gasteiger partial charge in [0.05, 0.1) is 0 Å². The normalized spacial score (nSPS) is 19.2. The second-order valence-corrected chi connectivity index (χ2v) is 10.9. The number of carbonyl (C=O) groups excluding carboxylic acids is 2. The molecule has 0 saturated carbocycles. The van der Waals surface area contributed by atoms with E-state index in [9.17, 15) is 9.59 Å². The Labute approximate surface area is 100 Å². The van der Waals surface area contributed by atoms with E-state index in [0.717, 1.165) is 21.7 Å². The molecule has 0 fully saturated rings. The highest BCUT2D eigenvalue weighted by atomic mass is 28.4. The maximum Gasteiger partial charge on any atom is 0.280 e. The third-order valence-electron chi connectivity index (χ3n) is 2.42. The third kappa shape index (κ3) is 2.90. The minimum Gasteiger partial charge on any atom is -0.310 e. The molecule has 6 heteroatoms. The predicted molar refractivity (Wildman–Crippen MR) is 68.3 cm³/mol. The number of hydrogen-bond acceptors (Lipinski definition) is 3. The van der Waals surface area contributed by atoms with Crippen molar-refractivity contribution in [3.8, 4) is 0 Å². The van der Waals surface area contributed by atoms with Gasteiger partial charge in [-0.2, -0.15) is 5.06 Å². The molecule has 1 atom stereocenters. The number of hydroxylamine groups is 2. The molecule has 0 spiro atoms. The summed E-state index contributed by atoms with van der Waals surface area (Å²) in [5.41, 5.74) is 0.865. The highest BCUT2D eigenvalue weighted by molar-refractivity contribution is 6.69. The number of hydrogen-bond donors (Lipinski definition) is 0. The molecule has 90 valence electrons. The first-order chi connectivity index (χ1) is 7.26. The van der Waals surface area contributed by atoms with Crippen molar-refractivity contribution in [1.29, 1.82) is 0 Å². The Balaban J connectivity index is 2.82. The van der Waals surface area contributed by atoms with Crippen LogP contribution in [-0.2, 0) is 14.1 Å². The van der Waals surface area contributed by atoms with Crippen LogP contribution in [0.4, 0.5) is 0 Å². The van der Waals surface area contributed by atoms with Gasteiger partial charge in [0.2, 0.25) is 8.32 Å². The molecule has 0 radical (unpaired) electrons. The topological polar surface area (TPSA) is 46.6 Å². The quantitative estimate of drug-likeness (QED) is 0.548. The molecule has 2 amide bonds. The molecule has 0 aromatic rings. The van der Waals surface area contributed by atoms with E-state index in [4.69, 9.17) is 4.53 Å². The van der Waals surface area contributed by atoms with Gasteiger partial charge < -0.3 is 4.53 Å². The zero-order chi connectivity index (χ0) is 12.5. The smallest absolute Gasteiger partial charge is 0.280 e. The molecule has 0 bridgehead atoms. The van der Waals surface area contributed by atoms with Crippen molar-refractivity contribution in [2.45, 2.75) is 38.5 Å². The lowest BCUT2D eigenvalue weighted by Crippen LogP contribution is -2.41. The van der Waals surface area contributed by atoms with Gasteiger partial charge >= 0.3 is 0 Å². The minimum atomic E-state index is -1.92. The average Bonchev–Trinajstić information content (AvgIpc) is 2.42. The van der Waals surface area contributed by atoms with Gasteiger partial charge in [0.1, 0.15) is 0 Å². The summed E-state index contributed by atoms with van der Waals surface area (Å²) in [4.78, 5) is 23.6. The summed E-state index contributed by atoms with van der Waals surface area (Å²) in [6.07, 6.45) is 2.33. The second-order valence-electron chi connectivity index (χ2n) is 5.05. The molecule has 1 unspecified atom stereocenters. The first-order valence-corrected chi connectivity index (χ1v) is 10.1. The molecule has 1 aliphatic rings. The van der Waals surface area contributed by atoms with E-state index in [1.165, 1.54) is 6.08 Å². The minimum absolute atomic E-state index is 0.242. The fourth-order valence-electron chi connectivity index (χ4n) is 1.40. The highest BCUT2D eigenvalue weighted by Gasteiger charge is 2.37. The van der Waals surface area contributed by atoms with E-state index < -0.39 is 8.32 Å². The average molecular weight is 257 g/mol. The van der Waals surface area contributed by atoms with Crippen LogP contribution in [0.2, 0.25) is 25.2 Å². The van der Waals surface area contributed by atoms with Gasteiger partial charge in [-0.3, -0.25) is 9.59 Å². The Hall–Kier alpha value is -0.726. The summed E-state index contributed by atoms with van der Waals surface area (Å²) in [5.74, 6) is -0.578. The fraction of sp³-hybridized carbons (Fsp3) is 0.600. The van der Waals surface area contributed by atoms with Gasteiger partial charge in [-0.05, 0) is 25.2 Å². The van der Waals surface area contributed by atoms with Crippen LogP contribution in [0, 0.1) is 0 Å². The van der Waals surface area contributed by atoms with Crippen molar-refractivity contribution in [1.82, 2.24) is 5.06 Å². The molecule has 0 aromatic carbocycles. The lowest BCUT2D eigenvalue weighted by molar-refractivity contribution is -0.165. The SMILES string of the molecule is CCC([SiH3])C1=CC(=O)N(O[Si](C)(C)C)C1=O. The van der Waals surface area contributed by atoms with Crippen LogP contribution in [0.3, 0.4) is 0 Å². The number of amides is 2. The van der Waals surface area contributed by atoms with Crippen molar-refractivity contribution >= 4 is 30.4 Å². The van der Waals surface area contributed by atoms with Crippen LogP contribution in [0.15, 0.2) is 11.6 Å². The zero-order valence-electron chi connectivity index (χ0n) is 10.5. The maximum absolute atomic E-state index is 12.0. The van der Waals surface area contributed by atoms with E-state index in [1.54, 1.807) is 0 Å². The summed E-state index contributed by atoms with van der Waals surface area (Å²) in [6, 6.07) is 0. The molecule has 0 N–H and O–H groups in total. The molecule has 1 rings (SSSR count). The number of imide groups is 1. The van der Waals surface area contributed by atoms with Gasteiger partial charge in [0.15, 0.2) is 0 Å². The Morgan fingerprint density at radius 3 is 2.44 bits per heavy atom. The molecule has 1 heterocycles. The summed E-state index contributed by atoms with van der Waals surface area (Å²) in [6.45, 7) is 7.87. The highest BCUT2D eigenvalue weighted by Crippen LogP contribution is 2.26. The lowest BCUT2D eigenvalue weighted by Gasteiger charge is -2.24. The number of carbonyl (C=O) groups is 2. The largest absolute Gasteiger partial charge is 0.310 e. The molecular formula is C10H19NO3Si2. The van der Waals surface area contributed by atoms with E-state index in [1.807, 2.05) is 26.6 Å². The molecular weight excluding hydrogens is 238 g/mol. The van der Waals surface area contributed by atoms with Crippen molar-refractivity contribution in [3.05, 3.63) is 11.6 Å². The van der Waals surface area contributed by atoms with E-state index in [0.29, 0.717) is 5.57 Å². The Morgan fingerprint density at radius 1 is 1.44 bits per heavy atom. The van der Waals surface area contributed by atoms with E-state index >= 15 is 0 Å². The van der Waals surface area contributed by atoms with Crippen LogP contribution < -0.4 is 0 Å². The molecule has 0 saturated heterocycles. The van der Waals surface area contributed by atoms with Crippen LogP contribution in [0.1, 0.15) is 13.3 Å². The van der Waals surface area contributed by atoms with Crippen LogP contribution in [0.5, 0.6) is 0 Å². The first-order valence-electron chi connectivity index (χ1n) is 5.55. The van der Waals surface area contributed by atoms with E-state index in [2.05, 4.69) is 0 Å². The van der Waals surface area contributed by atoms with Crippen molar-refractivity contribution in [3.63, 3.8) is 0 Å². The fourth-order valence-corrected chi connectivity index (χ4v) is 2.54. The Kier molecular flexibility index (Phi) is 3.87. The van der Waals surface area contributed by atoms with Gasteiger partial charge in [0, 0.05) is 21.9 Å². The van der Waals surface area contributed by atoms with Crippen molar-refractivity contribution in [2.75, 3.05) is 0 Å². The van der Waals surface area contributed by atoms with Gasteiger partial charge in [0.25, 0.3) is 11.8 Å². The summed E-state index contributed by atoms with van der Waals surface area (Å²) >= 11 is 0. The standard InChI is InChI=1S/C10H19NO3Si2/c1-5-8(15)7-6-9(12)11(10(7)13)14-16(2,3)4/h6,8H,5H2,1-4,15H3. The molecule has 0 aliphatic carbocycles. The lowest BCUT2D eigenvalue weighted by atomic mass is 10.1. The van der Waals surface area contributed by atoms with Crippen molar-refractivity contribution in [2.24, 2.45) is 0 Å². The Bertz CT molecular complexity index is 346. The van der Waals surface area contributed by atoms with E-state index in [-0.39, 0.29) is 17.4 Å². The van der Waals surface area contributed by atoms with Gasteiger partial charge in [-0.25, -0.2) is 0 Å². The second kappa shape index (κ2) is 4.64. The summed E-state index contributed by atoms with van der Waals surface area (Å²) < 4.78 is 5.48. The monoisotopic (exact) mass is 257 g/mol. The number of rotatable bonds is 4. The predicted octanol–water partition coefficient (Wildman–Crippen LogP) is 0.612. The van der Waals surface area contributed by atoms with Crippen molar-refractivity contribution < 1.29 is 14.1 Å². The summed E-state index contributed by atoms with van der Waals surface area (Å²) in [7, 11) is -1.04. The van der Waals surface area contributed by atoms with Crippen LogP contribution >= 0.6 is 0 Å². The first kappa shape index (κ1) is 13.3. The molecule has 16 heavy (non-hydrogen) atoms. The summed E-state index contributed by atoms with van der Waals surface area (Å²) in [5, 5.41) is 0.947. The number of nitrogens with zero attached hydrogens (tertiary/aromatic N) is 1. The third-order valence-corrected chi connectivity index (χ3v) is 4.59. The maximum atomic E-state index is 12.0. The van der Waals surface area contributed by atoms with Crippen LogP contribution in [-0.4, -0.2) is 35.4 Å². The Morgan fingerprint density at radius 2 is 2.00 bits per heavy atom. The molecule has 1 aliphatic heterocycles.